The van der Waals surface area contributed by atoms with Crippen molar-refractivity contribution < 1.29 is 8.42 Å². The van der Waals surface area contributed by atoms with Gasteiger partial charge in [-0.15, -0.1) is 11.3 Å². The van der Waals surface area contributed by atoms with Crippen molar-refractivity contribution in [2.75, 3.05) is 25.4 Å². The van der Waals surface area contributed by atoms with Crippen LogP contribution in [-0.4, -0.2) is 49.4 Å². The van der Waals surface area contributed by atoms with Crippen molar-refractivity contribution in [3.63, 3.8) is 0 Å². The molecule has 2 fully saturated rings. The largest absolute Gasteiger partial charge is 0.313 e. The summed E-state index contributed by atoms with van der Waals surface area (Å²) in [7, 11) is -3.25. The molecule has 3 heterocycles. The van der Waals surface area contributed by atoms with Crippen LogP contribution in [0.2, 0.25) is 0 Å². The first kappa shape index (κ1) is 15.8. The van der Waals surface area contributed by atoms with E-state index in [2.05, 4.69) is 17.1 Å². The first-order valence-corrected chi connectivity index (χ1v) is 10.9. The molecular weight excluding hydrogens is 324 g/mol. The molecule has 1 aromatic heterocycles. The van der Waals surface area contributed by atoms with Crippen LogP contribution in [0.3, 0.4) is 0 Å². The lowest BCUT2D eigenvalue weighted by atomic mass is 10.1. The molecule has 0 aromatic carbocycles. The molecule has 0 saturated carbocycles. The summed E-state index contributed by atoms with van der Waals surface area (Å²) < 4.78 is 27.0. The maximum Gasteiger partial charge on any atom is 0.252 e. The van der Waals surface area contributed by atoms with Crippen molar-refractivity contribution >= 4 is 33.1 Å². The molecular formula is C14H22N2O2S3. The Kier molecular flexibility index (Phi) is 5.27. The summed E-state index contributed by atoms with van der Waals surface area (Å²) in [6.45, 7) is 2.35. The molecule has 1 unspecified atom stereocenters. The maximum atomic E-state index is 12.4. The van der Waals surface area contributed by atoms with Crippen LogP contribution in [0.1, 0.15) is 25.7 Å². The molecule has 0 spiro atoms. The third-order valence-corrected chi connectivity index (χ3v) is 8.87. The minimum atomic E-state index is -3.25. The van der Waals surface area contributed by atoms with E-state index in [-0.39, 0.29) is 0 Å². The lowest BCUT2D eigenvalue weighted by Crippen LogP contribution is -2.45. The second-order valence-electron chi connectivity index (χ2n) is 5.65. The van der Waals surface area contributed by atoms with Gasteiger partial charge in [0.1, 0.15) is 4.21 Å². The highest BCUT2D eigenvalue weighted by molar-refractivity contribution is 8.00. The fourth-order valence-electron chi connectivity index (χ4n) is 2.94. The van der Waals surface area contributed by atoms with E-state index in [1.807, 2.05) is 5.38 Å². The molecule has 1 N–H and O–H groups in total. The van der Waals surface area contributed by atoms with E-state index >= 15 is 0 Å². The van der Waals surface area contributed by atoms with Crippen molar-refractivity contribution in [3.8, 4) is 0 Å². The summed E-state index contributed by atoms with van der Waals surface area (Å²) >= 11 is 3.37. The summed E-state index contributed by atoms with van der Waals surface area (Å²) in [6.07, 6.45) is 4.50. The Morgan fingerprint density at radius 2 is 2.10 bits per heavy atom. The number of rotatable bonds is 5. The number of nitrogens with zero attached hydrogens (tertiary/aromatic N) is 1. The second kappa shape index (κ2) is 7.00. The quantitative estimate of drug-likeness (QED) is 0.889. The van der Waals surface area contributed by atoms with E-state index in [4.69, 9.17) is 0 Å². The topological polar surface area (TPSA) is 49.4 Å². The molecule has 0 radical (unpaired) electrons. The molecule has 3 rings (SSSR count). The summed E-state index contributed by atoms with van der Waals surface area (Å²) in [4.78, 5) is 0. The van der Waals surface area contributed by atoms with Gasteiger partial charge in [-0.25, -0.2) is 8.42 Å². The van der Waals surface area contributed by atoms with Gasteiger partial charge in [0.05, 0.1) is 0 Å². The van der Waals surface area contributed by atoms with Crippen LogP contribution in [0.25, 0.3) is 0 Å². The number of thiophene rings is 1. The van der Waals surface area contributed by atoms with Crippen molar-refractivity contribution in [1.82, 2.24) is 9.62 Å². The fourth-order valence-corrected chi connectivity index (χ4v) is 6.77. The SMILES string of the molecule is O=S(=O)(c1cccs1)N1CCC(NCC2CCCS2)CC1. The van der Waals surface area contributed by atoms with Gasteiger partial charge in [0.2, 0.25) is 0 Å². The van der Waals surface area contributed by atoms with E-state index in [0.29, 0.717) is 23.3 Å². The first-order chi connectivity index (χ1) is 10.2. The summed E-state index contributed by atoms with van der Waals surface area (Å²) in [5.41, 5.74) is 0. The number of nitrogens with one attached hydrogen (secondary N) is 1. The van der Waals surface area contributed by atoms with Gasteiger partial charge in [0.15, 0.2) is 0 Å². The maximum absolute atomic E-state index is 12.4. The summed E-state index contributed by atoms with van der Waals surface area (Å²) in [6, 6.07) is 3.97. The van der Waals surface area contributed by atoms with Crippen molar-refractivity contribution in [2.45, 2.75) is 41.2 Å². The monoisotopic (exact) mass is 346 g/mol. The predicted molar refractivity (Wildman–Crippen MR) is 89.6 cm³/mol. The van der Waals surface area contributed by atoms with Gasteiger partial charge in [0, 0.05) is 30.9 Å². The normalized spacial score (nSPS) is 25.4. The van der Waals surface area contributed by atoms with Gasteiger partial charge in [-0.05, 0) is 42.9 Å². The second-order valence-corrected chi connectivity index (χ2v) is 10.2. The lowest BCUT2D eigenvalue weighted by Gasteiger charge is -2.31. The van der Waals surface area contributed by atoms with Gasteiger partial charge in [-0.1, -0.05) is 6.07 Å². The number of hydrogen-bond donors (Lipinski definition) is 1. The molecule has 7 heteroatoms. The van der Waals surface area contributed by atoms with E-state index < -0.39 is 10.0 Å². The molecule has 1 atom stereocenters. The first-order valence-electron chi connectivity index (χ1n) is 7.55. The summed E-state index contributed by atoms with van der Waals surface area (Å²) in [5.74, 6) is 1.30. The Morgan fingerprint density at radius 1 is 1.29 bits per heavy atom. The fraction of sp³-hybridized carbons (Fsp3) is 0.714. The van der Waals surface area contributed by atoms with Crippen LogP contribution in [0.15, 0.2) is 21.7 Å². The average molecular weight is 347 g/mol. The molecule has 0 amide bonds. The van der Waals surface area contributed by atoms with E-state index in [0.717, 1.165) is 24.6 Å². The third kappa shape index (κ3) is 3.82. The van der Waals surface area contributed by atoms with E-state index in [1.165, 1.54) is 29.9 Å². The van der Waals surface area contributed by atoms with Crippen LogP contribution in [0.5, 0.6) is 0 Å². The molecule has 4 nitrogen and oxygen atoms in total. The average Bonchev–Trinajstić information content (AvgIpc) is 3.19. The van der Waals surface area contributed by atoms with Crippen LogP contribution >= 0.6 is 23.1 Å². The van der Waals surface area contributed by atoms with Gasteiger partial charge in [-0.3, -0.25) is 0 Å². The van der Waals surface area contributed by atoms with Crippen molar-refractivity contribution in [3.05, 3.63) is 17.5 Å². The van der Waals surface area contributed by atoms with E-state index in [9.17, 15) is 8.42 Å². The smallest absolute Gasteiger partial charge is 0.252 e. The number of thioether (sulfide) groups is 1. The molecule has 1 aromatic rings. The standard InChI is InChI=1S/C14H22N2O2S3/c17-21(18,14-4-2-10-20-14)16-7-5-12(6-8-16)15-11-13-3-1-9-19-13/h2,4,10,12-13,15H,1,3,5-9,11H2. The molecule has 0 aliphatic carbocycles. The highest BCUT2D eigenvalue weighted by atomic mass is 32.2. The Balaban J connectivity index is 1.48. The van der Waals surface area contributed by atoms with Gasteiger partial charge in [-0.2, -0.15) is 16.1 Å². The molecule has 118 valence electrons. The van der Waals surface area contributed by atoms with Crippen molar-refractivity contribution in [2.24, 2.45) is 0 Å². The molecule has 2 aliphatic rings. The van der Waals surface area contributed by atoms with Gasteiger partial charge >= 0.3 is 0 Å². The molecule has 0 bridgehead atoms. The minimum absolute atomic E-state index is 0.469. The minimum Gasteiger partial charge on any atom is -0.313 e. The van der Waals surface area contributed by atoms with Gasteiger partial charge < -0.3 is 5.32 Å². The van der Waals surface area contributed by atoms with E-state index in [1.54, 1.807) is 16.4 Å². The van der Waals surface area contributed by atoms with Crippen LogP contribution in [0, 0.1) is 0 Å². The molecule has 21 heavy (non-hydrogen) atoms. The molecule has 2 saturated heterocycles. The Bertz CT molecular complexity index is 531. The van der Waals surface area contributed by atoms with Crippen LogP contribution in [0.4, 0.5) is 0 Å². The van der Waals surface area contributed by atoms with Crippen LogP contribution in [-0.2, 0) is 10.0 Å². The number of piperidine rings is 1. The molecule has 2 aliphatic heterocycles. The Labute approximate surface area is 135 Å². The zero-order valence-corrected chi connectivity index (χ0v) is 14.5. The van der Waals surface area contributed by atoms with Crippen molar-refractivity contribution in [1.29, 1.82) is 0 Å². The lowest BCUT2D eigenvalue weighted by molar-refractivity contribution is 0.290. The number of sulfonamides is 1. The highest BCUT2D eigenvalue weighted by Gasteiger charge is 2.30. The number of hydrogen-bond acceptors (Lipinski definition) is 5. The Hall–Kier alpha value is -0.0800. The van der Waals surface area contributed by atoms with Gasteiger partial charge in [0.25, 0.3) is 10.0 Å². The third-order valence-electron chi connectivity index (χ3n) is 4.20. The predicted octanol–water partition coefficient (Wildman–Crippen LogP) is 2.39. The zero-order valence-electron chi connectivity index (χ0n) is 12.0. The van der Waals surface area contributed by atoms with Crippen LogP contribution < -0.4 is 5.32 Å². The summed E-state index contributed by atoms with van der Waals surface area (Å²) in [5, 5.41) is 6.21. The Morgan fingerprint density at radius 3 is 2.71 bits per heavy atom. The zero-order chi connectivity index (χ0) is 14.7. The highest BCUT2D eigenvalue weighted by Crippen LogP contribution is 2.27.